The normalized spacial score (nSPS) is 44.7. The van der Waals surface area contributed by atoms with Gasteiger partial charge in [0.25, 0.3) is 0 Å². The molecule has 5 unspecified atom stereocenters. The van der Waals surface area contributed by atoms with Gasteiger partial charge < -0.3 is 25.7 Å². The van der Waals surface area contributed by atoms with Crippen LogP contribution < -0.4 is 5.32 Å². The zero-order valence-corrected chi connectivity index (χ0v) is 22.1. The fourth-order valence-corrected chi connectivity index (χ4v) is 9.50. The Balaban J connectivity index is 1.28. The monoisotopic (exact) mass is 499 g/mol. The number of aliphatic hydroxyl groups excluding tert-OH is 3. The van der Waals surface area contributed by atoms with E-state index in [1.807, 2.05) is 0 Å². The van der Waals surface area contributed by atoms with Crippen LogP contribution in [0.25, 0.3) is 0 Å². The molecule has 0 aromatic heterocycles. The van der Waals surface area contributed by atoms with Crippen molar-refractivity contribution >= 4 is 11.6 Å². The molecule has 0 bridgehead atoms. The van der Waals surface area contributed by atoms with E-state index in [-0.39, 0.29) is 46.5 Å². The summed E-state index contributed by atoms with van der Waals surface area (Å²) < 4.78 is 0. The van der Waals surface area contributed by atoms with Crippen molar-refractivity contribution in [3.05, 3.63) is 24.3 Å². The molecule has 0 heterocycles. The third-order valence-electron chi connectivity index (χ3n) is 11.5. The maximum Gasteiger partial charge on any atom is 0.224 e. The van der Waals surface area contributed by atoms with Gasteiger partial charge in [0.15, 0.2) is 0 Å². The first-order chi connectivity index (χ1) is 17.0. The van der Waals surface area contributed by atoms with Gasteiger partial charge in [-0.05, 0) is 110 Å². The van der Waals surface area contributed by atoms with Crippen molar-refractivity contribution < 1.29 is 25.2 Å². The van der Waals surface area contributed by atoms with E-state index >= 15 is 0 Å². The lowest BCUT2D eigenvalue weighted by atomic mass is 9.43. The molecule has 5 N–H and O–H groups in total. The molecule has 4 fully saturated rings. The minimum atomic E-state index is -0.408. The lowest BCUT2D eigenvalue weighted by Crippen LogP contribution is -2.62. The number of aliphatic hydroxyl groups is 3. The Morgan fingerprint density at radius 2 is 1.86 bits per heavy atom. The summed E-state index contributed by atoms with van der Waals surface area (Å²) in [5, 5.41) is 45.9. The zero-order valence-electron chi connectivity index (χ0n) is 22.1. The van der Waals surface area contributed by atoms with Crippen molar-refractivity contribution in [3.8, 4) is 5.75 Å². The first-order valence-corrected chi connectivity index (χ1v) is 14.2. The summed E-state index contributed by atoms with van der Waals surface area (Å²) in [6.07, 6.45) is 6.28. The molecular weight excluding hydrogens is 454 g/mol. The van der Waals surface area contributed by atoms with Gasteiger partial charge in [-0.2, -0.15) is 0 Å². The number of phenolic OH excluding ortho intramolecular Hbond substituents is 1. The SMILES string of the molecule is CC(CCC(=O)Nc1cccc(O)c1)[C@H]1CCC2C3C(C[C@H](O)[C@@]21C)[C@@]1(C)CC[C@@H](O)CC1C[C@H]3O. The van der Waals surface area contributed by atoms with Gasteiger partial charge in [0.2, 0.25) is 5.91 Å². The molecule has 1 aromatic rings. The standard InChI is InChI=1S/C30H45NO5/c1-17(7-10-27(36)31-19-5-4-6-20(32)15-19)22-8-9-23-28-24(16-26(35)30(22,23)3)29(2)12-11-21(33)13-18(29)14-25(28)34/h4-6,15,17-18,21-26,28,32-35H,7-14,16H2,1-3H3,(H,31,36)/t17?,18?,21-,22-,23?,24?,25-,26+,28?,29+,30-/m1/s1. The van der Waals surface area contributed by atoms with Crippen LogP contribution in [-0.2, 0) is 4.79 Å². The predicted molar refractivity (Wildman–Crippen MR) is 139 cm³/mol. The number of fused-ring (bicyclic) bond motifs is 5. The second-order valence-electron chi connectivity index (χ2n) is 13.1. The number of rotatable bonds is 5. The molecule has 1 aromatic carbocycles. The number of carbonyl (C=O) groups excluding carboxylic acids is 1. The number of aromatic hydroxyl groups is 1. The van der Waals surface area contributed by atoms with Gasteiger partial charge in [-0.3, -0.25) is 4.79 Å². The van der Waals surface area contributed by atoms with Crippen LogP contribution in [-0.4, -0.2) is 44.6 Å². The molecular formula is C30H45NO5. The van der Waals surface area contributed by atoms with Crippen LogP contribution in [0, 0.1) is 46.3 Å². The number of phenols is 1. The molecule has 5 rings (SSSR count). The Kier molecular flexibility index (Phi) is 6.93. The van der Waals surface area contributed by atoms with Crippen LogP contribution in [0.5, 0.6) is 5.75 Å². The minimum Gasteiger partial charge on any atom is -0.508 e. The molecule has 11 atom stereocenters. The van der Waals surface area contributed by atoms with E-state index in [4.69, 9.17) is 0 Å². The maximum absolute atomic E-state index is 12.6. The number of carbonyl (C=O) groups is 1. The molecule has 6 nitrogen and oxygen atoms in total. The van der Waals surface area contributed by atoms with Gasteiger partial charge >= 0.3 is 0 Å². The molecule has 200 valence electrons. The predicted octanol–water partition coefficient (Wildman–Crippen LogP) is 4.71. The van der Waals surface area contributed by atoms with E-state index in [0.29, 0.717) is 35.8 Å². The largest absolute Gasteiger partial charge is 0.508 e. The van der Waals surface area contributed by atoms with Gasteiger partial charge in [0.1, 0.15) is 5.75 Å². The van der Waals surface area contributed by atoms with E-state index in [0.717, 1.165) is 51.4 Å². The lowest BCUT2D eigenvalue weighted by molar-refractivity contribution is -0.207. The van der Waals surface area contributed by atoms with Crippen LogP contribution in [0.1, 0.15) is 78.6 Å². The fraction of sp³-hybridized carbons (Fsp3) is 0.767. The molecule has 1 amide bonds. The summed E-state index contributed by atoms with van der Waals surface area (Å²) >= 11 is 0. The maximum atomic E-state index is 12.6. The van der Waals surface area contributed by atoms with Crippen LogP contribution in [0.2, 0.25) is 0 Å². The first-order valence-electron chi connectivity index (χ1n) is 14.2. The number of amides is 1. The van der Waals surface area contributed by atoms with Crippen LogP contribution in [0.3, 0.4) is 0 Å². The van der Waals surface area contributed by atoms with E-state index in [9.17, 15) is 25.2 Å². The summed E-state index contributed by atoms with van der Waals surface area (Å²) in [5.41, 5.74) is 0.433. The molecule has 0 aliphatic heterocycles. The van der Waals surface area contributed by atoms with Crippen LogP contribution >= 0.6 is 0 Å². The quantitative estimate of drug-likeness (QED) is 0.403. The van der Waals surface area contributed by atoms with Gasteiger partial charge in [-0.25, -0.2) is 0 Å². The molecule has 4 aliphatic rings. The highest BCUT2D eigenvalue weighted by atomic mass is 16.3. The van der Waals surface area contributed by atoms with Crippen molar-refractivity contribution in [2.75, 3.05) is 5.32 Å². The molecule has 0 radical (unpaired) electrons. The lowest BCUT2D eigenvalue weighted by Gasteiger charge is -2.63. The third-order valence-corrected chi connectivity index (χ3v) is 11.5. The van der Waals surface area contributed by atoms with Gasteiger partial charge in [0.05, 0.1) is 18.3 Å². The highest BCUT2D eigenvalue weighted by Gasteiger charge is 2.65. The average molecular weight is 500 g/mol. The molecule has 0 saturated heterocycles. The topological polar surface area (TPSA) is 110 Å². The third kappa shape index (κ3) is 4.27. The van der Waals surface area contributed by atoms with Gasteiger partial charge in [0, 0.05) is 18.2 Å². The number of hydrogen-bond acceptors (Lipinski definition) is 5. The Labute approximate surface area is 215 Å². The fourth-order valence-electron chi connectivity index (χ4n) is 9.50. The molecule has 4 aliphatic carbocycles. The Hall–Kier alpha value is -1.63. The minimum absolute atomic E-state index is 0.0578. The van der Waals surface area contributed by atoms with Crippen molar-refractivity contribution in [1.29, 1.82) is 0 Å². The molecule has 0 spiro atoms. The van der Waals surface area contributed by atoms with E-state index in [2.05, 4.69) is 26.1 Å². The van der Waals surface area contributed by atoms with Crippen molar-refractivity contribution in [2.45, 2.75) is 96.9 Å². The summed E-state index contributed by atoms with van der Waals surface area (Å²) in [7, 11) is 0. The van der Waals surface area contributed by atoms with E-state index in [1.165, 1.54) is 0 Å². The van der Waals surface area contributed by atoms with Crippen LogP contribution in [0.4, 0.5) is 5.69 Å². The average Bonchev–Trinajstić information content (AvgIpc) is 3.18. The number of hydrogen-bond donors (Lipinski definition) is 5. The zero-order chi connectivity index (χ0) is 25.8. The Morgan fingerprint density at radius 3 is 2.61 bits per heavy atom. The summed E-state index contributed by atoms with van der Waals surface area (Å²) in [6.45, 7) is 6.84. The smallest absolute Gasteiger partial charge is 0.224 e. The number of nitrogens with one attached hydrogen (secondary N) is 1. The summed E-state index contributed by atoms with van der Waals surface area (Å²) in [4.78, 5) is 12.6. The number of benzene rings is 1. The molecule has 36 heavy (non-hydrogen) atoms. The van der Waals surface area contributed by atoms with Gasteiger partial charge in [-0.1, -0.05) is 26.8 Å². The highest BCUT2D eigenvalue weighted by Crippen LogP contribution is 2.68. The van der Waals surface area contributed by atoms with Crippen molar-refractivity contribution in [2.24, 2.45) is 46.3 Å². The van der Waals surface area contributed by atoms with E-state index < -0.39 is 6.10 Å². The van der Waals surface area contributed by atoms with E-state index in [1.54, 1.807) is 24.3 Å². The van der Waals surface area contributed by atoms with Crippen molar-refractivity contribution in [1.82, 2.24) is 0 Å². The summed E-state index contributed by atoms with van der Waals surface area (Å²) in [5.74, 6) is 1.81. The Morgan fingerprint density at radius 1 is 1.08 bits per heavy atom. The van der Waals surface area contributed by atoms with Crippen LogP contribution in [0.15, 0.2) is 24.3 Å². The molecule has 6 heteroatoms. The first kappa shape index (κ1) is 26.0. The summed E-state index contributed by atoms with van der Waals surface area (Å²) in [6, 6.07) is 6.61. The highest BCUT2D eigenvalue weighted by molar-refractivity contribution is 5.90. The molecule has 4 saturated carbocycles. The second kappa shape index (κ2) is 9.59. The second-order valence-corrected chi connectivity index (χ2v) is 13.1. The Bertz CT molecular complexity index is 968. The van der Waals surface area contributed by atoms with Gasteiger partial charge in [-0.15, -0.1) is 0 Å². The van der Waals surface area contributed by atoms with Crippen molar-refractivity contribution in [3.63, 3.8) is 0 Å². The number of anilines is 1.